The van der Waals surface area contributed by atoms with Gasteiger partial charge in [0.1, 0.15) is 17.8 Å². The highest BCUT2D eigenvalue weighted by Crippen LogP contribution is 2.44. The van der Waals surface area contributed by atoms with Crippen molar-refractivity contribution in [3.05, 3.63) is 83.4 Å². The van der Waals surface area contributed by atoms with Crippen molar-refractivity contribution in [3.8, 4) is 23.0 Å². The lowest BCUT2D eigenvalue weighted by Gasteiger charge is -2.28. The summed E-state index contributed by atoms with van der Waals surface area (Å²) in [6.45, 7) is 3.74. The fourth-order valence-corrected chi connectivity index (χ4v) is 3.97. The molecule has 2 aromatic heterocycles. The second kappa shape index (κ2) is 7.81. The largest absolute Gasteiger partial charge is 0.507 e. The third kappa shape index (κ3) is 3.17. The molecule has 8 heteroatoms. The average Bonchev–Trinajstić information content (AvgIpc) is 3.23. The number of hydrogen-bond acceptors (Lipinski definition) is 7. The van der Waals surface area contributed by atoms with Gasteiger partial charge in [0.05, 0.1) is 29.2 Å². The molecule has 1 N–H and O–H groups in total. The fourth-order valence-electron chi connectivity index (χ4n) is 3.97. The maximum atomic E-state index is 13.0. The summed E-state index contributed by atoms with van der Waals surface area (Å²) in [6.07, 6.45) is 1.51. The Hall–Kier alpha value is -4.20. The maximum absolute atomic E-state index is 13.0. The third-order valence-corrected chi connectivity index (χ3v) is 5.37. The predicted octanol–water partition coefficient (Wildman–Crippen LogP) is 3.86. The van der Waals surface area contributed by atoms with Gasteiger partial charge in [-0.25, -0.2) is 19.3 Å². The van der Waals surface area contributed by atoms with Gasteiger partial charge in [0, 0.05) is 0 Å². The number of allylic oxidation sites excluding steroid dienone is 1. The molecule has 0 amide bonds. The van der Waals surface area contributed by atoms with E-state index >= 15 is 0 Å². The number of phenolic OH excluding ortho intramolecular Hbond substituents is 1. The number of para-hydroxylation sites is 1. The average molecular weight is 428 g/mol. The maximum Gasteiger partial charge on any atom is 0.338 e. The highest BCUT2D eigenvalue weighted by molar-refractivity contribution is 5.93. The second-order valence-corrected chi connectivity index (χ2v) is 7.32. The first kappa shape index (κ1) is 19.7. The first-order valence-corrected chi connectivity index (χ1v) is 10.2. The minimum Gasteiger partial charge on any atom is -0.507 e. The Morgan fingerprint density at radius 2 is 1.91 bits per heavy atom. The van der Waals surface area contributed by atoms with Crippen LogP contribution in [0.4, 0.5) is 0 Å². The molecular weight excluding hydrogens is 408 g/mol. The zero-order valence-electron chi connectivity index (χ0n) is 17.5. The van der Waals surface area contributed by atoms with E-state index in [4.69, 9.17) is 14.5 Å². The van der Waals surface area contributed by atoms with Crippen LogP contribution in [0.25, 0.3) is 17.0 Å². The molecule has 160 valence electrons. The number of esters is 1. The quantitative estimate of drug-likeness (QED) is 0.493. The summed E-state index contributed by atoms with van der Waals surface area (Å²) in [6, 6.07) is 16.5. The smallest absolute Gasteiger partial charge is 0.338 e. The third-order valence-electron chi connectivity index (χ3n) is 5.37. The number of carbonyl (C=O) groups is 1. The molecular formula is C24H20N4O4. The van der Waals surface area contributed by atoms with Crippen LogP contribution in [0.2, 0.25) is 0 Å². The lowest BCUT2D eigenvalue weighted by atomic mass is 9.83. The number of fused-ring (bicyclic) bond motifs is 3. The number of rotatable bonds is 4. The highest BCUT2D eigenvalue weighted by Gasteiger charge is 2.38. The number of aromatic hydroxyl groups is 1. The summed E-state index contributed by atoms with van der Waals surface area (Å²) < 4.78 is 12.8. The standard InChI is InChI=1S/C24H20N4O4/c1-3-31-24(30)18-14(2)32-23-20(19(18)15-9-5-4-6-10-15)22-26-21(27-28(22)13-25-23)16-11-7-8-12-17(16)29/h4-13,19,29H,3H2,1-2H3/t19-/m1/s1. The predicted molar refractivity (Wildman–Crippen MR) is 116 cm³/mol. The Bertz CT molecular complexity index is 1360. The summed E-state index contributed by atoms with van der Waals surface area (Å²) in [5.41, 5.74) is 2.86. The van der Waals surface area contributed by atoms with Gasteiger partial charge in [-0.15, -0.1) is 5.10 Å². The number of nitrogens with zero attached hydrogens (tertiary/aromatic N) is 4. The molecule has 0 radical (unpaired) electrons. The van der Waals surface area contributed by atoms with Crippen molar-refractivity contribution in [1.82, 2.24) is 19.6 Å². The van der Waals surface area contributed by atoms with E-state index < -0.39 is 11.9 Å². The van der Waals surface area contributed by atoms with Crippen LogP contribution in [0.3, 0.4) is 0 Å². The van der Waals surface area contributed by atoms with Crippen molar-refractivity contribution in [2.75, 3.05) is 6.61 Å². The van der Waals surface area contributed by atoms with E-state index in [1.165, 1.54) is 10.8 Å². The minimum atomic E-state index is -0.503. The van der Waals surface area contributed by atoms with Crippen LogP contribution in [-0.2, 0) is 9.53 Å². The van der Waals surface area contributed by atoms with Crippen LogP contribution >= 0.6 is 0 Å². The van der Waals surface area contributed by atoms with Gasteiger partial charge in [0.2, 0.25) is 5.88 Å². The first-order chi connectivity index (χ1) is 15.6. The van der Waals surface area contributed by atoms with Crippen LogP contribution < -0.4 is 4.74 Å². The lowest BCUT2D eigenvalue weighted by molar-refractivity contribution is -0.139. The van der Waals surface area contributed by atoms with Crippen LogP contribution in [-0.4, -0.2) is 37.3 Å². The highest BCUT2D eigenvalue weighted by atomic mass is 16.5. The van der Waals surface area contributed by atoms with Gasteiger partial charge < -0.3 is 14.6 Å². The van der Waals surface area contributed by atoms with Crippen molar-refractivity contribution < 1.29 is 19.4 Å². The summed E-state index contributed by atoms with van der Waals surface area (Å²) in [5.74, 6) is 0.247. The minimum absolute atomic E-state index is 0.0732. The summed E-state index contributed by atoms with van der Waals surface area (Å²) in [7, 11) is 0. The van der Waals surface area contributed by atoms with Crippen LogP contribution in [0, 0.1) is 0 Å². The number of hydrogen-bond donors (Lipinski definition) is 1. The topological polar surface area (TPSA) is 98.8 Å². The second-order valence-electron chi connectivity index (χ2n) is 7.32. The Morgan fingerprint density at radius 1 is 1.16 bits per heavy atom. The van der Waals surface area contributed by atoms with Crippen molar-refractivity contribution >= 4 is 11.6 Å². The molecule has 0 spiro atoms. The van der Waals surface area contributed by atoms with E-state index in [0.29, 0.717) is 39.8 Å². The molecule has 4 aromatic rings. The molecule has 5 rings (SSSR count). The molecule has 2 aromatic carbocycles. The molecule has 1 aliphatic heterocycles. The van der Waals surface area contributed by atoms with Crippen molar-refractivity contribution in [2.24, 2.45) is 0 Å². The molecule has 1 aliphatic rings. The first-order valence-electron chi connectivity index (χ1n) is 10.2. The Labute approximate surface area is 183 Å². The molecule has 0 bridgehead atoms. The van der Waals surface area contributed by atoms with E-state index in [2.05, 4.69) is 10.1 Å². The Kier molecular flexibility index (Phi) is 4.82. The molecule has 0 saturated heterocycles. The van der Waals surface area contributed by atoms with Gasteiger partial charge in [-0.1, -0.05) is 42.5 Å². The van der Waals surface area contributed by atoms with E-state index in [9.17, 15) is 9.90 Å². The van der Waals surface area contributed by atoms with Crippen molar-refractivity contribution in [2.45, 2.75) is 19.8 Å². The van der Waals surface area contributed by atoms with Crippen LogP contribution in [0.1, 0.15) is 30.9 Å². The van der Waals surface area contributed by atoms with Gasteiger partial charge >= 0.3 is 5.97 Å². The van der Waals surface area contributed by atoms with Gasteiger partial charge in [-0.05, 0) is 31.5 Å². The van der Waals surface area contributed by atoms with E-state index in [1.807, 2.05) is 30.3 Å². The van der Waals surface area contributed by atoms with Gasteiger partial charge in [0.15, 0.2) is 11.5 Å². The molecule has 32 heavy (non-hydrogen) atoms. The zero-order valence-corrected chi connectivity index (χ0v) is 17.5. The Morgan fingerprint density at radius 3 is 2.66 bits per heavy atom. The lowest BCUT2D eigenvalue weighted by Crippen LogP contribution is -2.24. The summed E-state index contributed by atoms with van der Waals surface area (Å²) in [5, 5.41) is 14.8. The molecule has 1 atom stereocenters. The molecule has 8 nitrogen and oxygen atoms in total. The fraction of sp³-hybridized carbons (Fsp3) is 0.167. The number of carbonyl (C=O) groups excluding carboxylic acids is 1. The van der Waals surface area contributed by atoms with Crippen LogP contribution in [0.5, 0.6) is 11.6 Å². The summed E-state index contributed by atoms with van der Waals surface area (Å²) >= 11 is 0. The van der Waals surface area contributed by atoms with Crippen molar-refractivity contribution in [1.29, 1.82) is 0 Å². The molecule has 0 aliphatic carbocycles. The SMILES string of the molecule is CCOC(=O)C1=C(C)Oc2ncn3nc(-c4ccccc4O)nc3c2[C@@H]1c1ccccc1. The van der Waals surface area contributed by atoms with E-state index in [-0.39, 0.29) is 12.4 Å². The molecule has 3 heterocycles. The number of ether oxygens (including phenoxy) is 2. The number of benzene rings is 2. The van der Waals surface area contributed by atoms with Gasteiger partial charge in [-0.3, -0.25) is 0 Å². The van der Waals surface area contributed by atoms with Crippen molar-refractivity contribution in [3.63, 3.8) is 0 Å². The monoisotopic (exact) mass is 428 g/mol. The normalized spacial score (nSPS) is 15.4. The molecule has 0 unspecified atom stereocenters. The number of aromatic nitrogens is 4. The number of phenols is 1. The zero-order chi connectivity index (χ0) is 22.2. The van der Waals surface area contributed by atoms with Crippen LogP contribution in [0.15, 0.2) is 72.3 Å². The Balaban J connectivity index is 1.76. The molecule has 0 fully saturated rings. The van der Waals surface area contributed by atoms with E-state index in [1.54, 1.807) is 38.1 Å². The summed E-state index contributed by atoms with van der Waals surface area (Å²) in [4.78, 5) is 22.1. The molecule has 0 saturated carbocycles. The van der Waals surface area contributed by atoms with E-state index in [0.717, 1.165) is 5.56 Å². The van der Waals surface area contributed by atoms with Gasteiger partial charge in [-0.2, -0.15) is 0 Å². The van der Waals surface area contributed by atoms with Gasteiger partial charge in [0.25, 0.3) is 0 Å².